The molecule has 0 aromatic heterocycles. The van der Waals surface area contributed by atoms with Crippen molar-refractivity contribution in [1.82, 2.24) is 0 Å². The fourth-order valence-electron chi connectivity index (χ4n) is 3.40. The fourth-order valence-corrected chi connectivity index (χ4v) is 4.36. The third kappa shape index (κ3) is 6.75. The summed E-state index contributed by atoms with van der Waals surface area (Å²) < 4.78 is 12.8. The van der Waals surface area contributed by atoms with Gasteiger partial charge in [-0.25, -0.2) is 0 Å². The Labute approximate surface area is 199 Å². The van der Waals surface area contributed by atoms with Crippen LogP contribution in [0.5, 0.6) is 17.2 Å². The molecule has 0 N–H and O–H groups in total. The zero-order valence-corrected chi connectivity index (χ0v) is 20.8. The molecule has 0 heterocycles. The highest BCUT2D eigenvalue weighted by Gasteiger charge is 2.23. The Balaban J connectivity index is 1.68. The highest BCUT2D eigenvalue weighted by Crippen LogP contribution is 2.39. The van der Waals surface area contributed by atoms with Crippen LogP contribution in [0, 0.1) is 0 Å². The molecule has 0 radical (unpaired) electrons. The van der Waals surface area contributed by atoms with E-state index in [1.165, 1.54) is 11.1 Å². The Morgan fingerprint density at radius 1 is 0.935 bits per heavy atom. The number of rotatable bonds is 10. The quantitative estimate of drug-likeness (QED) is 0.258. The summed E-state index contributed by atoms with van der Waals surface area (Å²) in [5.41, 5.74) is 2.42. The van der Waals surface area contributed by atoms with Crippen molar-refractivity contribution in [1.29, 1.82) is 0 Å². The molecule has 0 bridgehead atoms. The van der Waals surface area contributed by atoms with Crippen LogP contribution in [0.4, 0.5) is 0 Å². The first-order valence-corrected chi connectivity index (χ1v) is 12.0. The molecule has 0 atom stereocenters. The average Bonchev–Trinajstić information content (AvgIpc) is 2.75. The highest BCUT2D eigenvalue weighted by atomic mass is 79.9. The summed E-state index contributed by atoms with van der Waals surface area (Å²) in [5, 5.41) is 0.659. The molecule has 4 heteroatoms. The molecule has 3 rings (SSSR count). The van der Waals surface area contributed by atoms with Gasteiger partial charge in [0, 0.05) is 0 Å². The van der Waals surface area contributed by atoms with Crippen molar-refractivity contribution in [3.05, 3.63) is 87.4 Å². The van der Waals surface area contributed by atoms with Crippen molar-refractivity contribution in [3.63, 3.8) is 0 Å². The van der Waals surface area contributed by atoms with E-state index < -0.39 is 0 Å². The van der Waals surface area contributed by atoms with Crippen LogP contribution in [0.2, 0.25) is 5.02 Å². The molecule has 0 aliphatic carbocycles. The predicted molar refractivity (Wildman–Crippen MR) is 134 cm³/mol. The minimum atomic E-state index is -0.0373. The average molecular weight is 502 g/mol. The number of aryl methyl sites for hydroxylation is 1. The van der Waals surface area contributed by atoms with Gasteiger partial charge in [-0.3, -0.25) is 0 Å². The van der Waals surface area contributed by atoms with E-state index in [0.29, 0.717) is 11.6 Å². The normalized spacial score (nSPS) is 11.4. The Hall–Kier alpha value is -1.97. The number of halogens is 2. The molecule has 3 aromatic rings. The van der Waals surface area contributed by atoms with E-state index >= 15 is 0 Å². The van der Waals surface area contributed by atoms with Crippen LogP contribution in [0.25, 0.3) is 0 Å². The van der Waals surface area contributed by atoms with Crippen molar-refractivity contribution in [3.8, 4) is 17.2 Å². The fraction of sp³-hybridized carbons (Fsp3) is 0.333. The summed E-state index contributed by atoms with van der Waals surface area (Å²) in [6.45, 7) is 7.34. The van der Waals surface area contributed by atoms with Gasteiger partial charge < -0.3 is 9.47 Å². The van der Waals surface area contributed by atoms with Crippen LogP contribution < -0.4 is 9.47 Å². The summed E-state index contributed by atoms with van der Waals surface area (Å²) in [6.07, 6.45) is 4.05. The lowest BCUT2D eigenvalue weighted by molar-refractivity contribution is 0.307. The van der Waals surface area contributed by atoms with Crippen molar-refractivity contribution >= 4 is 27.5 Å². The topological polar surface area (TPSA) is 18.5 Å². The van der Waals surface area contributed by atoms with Crippen LogP contribution in [0.3, 0.4) is 0 Å². The van der Waals surface area contributed by atoms with Gasteiger partial charge in [-0.2, -0.15) is 0 Å². The molecule has 0 amide bonds. The van der Waals surface area contributed by atoms with Crippen LogP contribution in [0.1, 0.15) is 51.2 Å². The lowest BCUT2D eigenvalue weighted by Gasteiger charge is -2.27. The van der Waals surface area contributed by atoms with Gasteiger partial charge in [-0.1, -0.05) is 69.1 Å². The predicted octanol–water partition coefficient (Wildman–Crippen LogP) is 8.98. The summed E-state index contributed by atoms with van der Waals surface area (Å²) in [6, 6.07) is 22.4. The first-order valence-electron chi connectivity index (χ1n) is 10.8. The number of unbranched alkanes of at least 4 members (excludes halogenated alkanes) is 1. The van der Waals surface area contributed by atoms with E-state index in [2.05, 4.69) is 61.0 Å². The van der Waals surface area contributed by atoms with E-state index in [1.807, 2.05) is 42.5 Å². The number of para-hydroxylation sites is 1. The Morgan fingerprint density at radius 2 is 1.68 bits per heavy atom. The Morgan fingerprint density at radius 3 is 2.39 bits per heavy atom. The van der Waals surface area contributed by atoms with Crippen LogP contribution in [-0.4, -0.2) is 6.61 Å². The number of hydrogen-bond acceptors (Lipinski definition) is 2. The second kappa shape index (κ2) is 11.1. The molecule has 3 aromatic carbocycles. The molecule has 0 aliphatic heterocycles. The standard InChI is InChI=1S/C27H30BrClO2/c1-4-5-16-30-26-24(28)18-21(19-25(26)29)27(2,3)15-14-20-10-9-13-23(17-20)31-22-11-7-6-8-12-22/h6-13,17-19H,4-5,14-16H2,1-3H3. The first-order chi connectivity index (χ1) is 14.9. The third-order valence-corrected chi connectivity index (χ3v) is 6.31. The van der Waals surface area contributed by atoms with E-state index in [-0.39, 0.29) is 5.41 Å². The number of benzene rings is 3. The van der Waals surface area contributed by atoms with E-state index in [4.69, 9.17) is 21.1 Å². The molecule has 164 valence electrons. The molecule has 0 unspecified atom stereocenters. The lowest BCUT2D eigenvalue weighted by atomic mass is 9.79. The van der Waals surface area contributed by atoms with Gasteiger partial charge >= 0.3 is 0 Å². The lowest BCUT2D eigenvalue weighted by Crippen LogP contribution is -2.18. The van der Waals surface area contributed by atoms with Gasteiger partial charge in [0.05, 0.1) is 16.1 Å². The Kier molecular flexibility index (Phi) is 8.45. The van der Waals surface area contributed by atoms with E-state index in [1.54, 1.807) is 0 Å². The van der Waals surface area contributed by atoms with Crippen molar-refractivity contribution in [2.24, 2.45) is 0 Å². The van der Waals surface area contributed by atoms with Gasteiger partial charge in [0.25, 0.3) is 0 Å². The minimum absolute atomic E-state index is 0.0373. The maximum atomic E-state index is 6.56. The van der Waals surface area contributed by atoms with Gasteiger partial charge in [-0.05, 0) is 88.1 Å². The summed E-state index contributed by atoms with van der Waals surface area (Å²) >= 11 is 10.2. The summed E-state index contributed by atoms with van der Waals surface area (Å²) in [5.74, 6) is 2.45. The van der Waals surface area contributed by atoms with Crippen LogP contribution in [-0.2, 0) is 11.8 Å². The molecule has 0 saturated heterocycles. The number of hydrogen-bond donors (Lipinski definition) is 0. The zero-order chi connectivity index (χ0) is 22.3. The van der Waals surface area contributed by atoms with E-state index in [9.17, 15) is 0 Å². The van der Waals surface area contributed by atoms with Gasteiger partial charge in [-0.15, -0.1) is 0 Å². The highest BCUT2D eigenvalue weighted by molar-refractivity contribution is 9.10. The van der Waals surface area contributed by atoms with Gasteiger partial charge in [0.1, 0.15) is 11.5 Å². The minimum Gasteiger partial charge on any atom is -0.491 e. The summed E-state index contributed by atoms with van der Waals surface area (Å²) in [4.78, 5) is 0. The maximum Gasteiger partial charge on any atom is 0.152 e. The summed E-state index contributed by atoms with van der Waals surface area (Å²) in [7, 11) is 0. The molecular formula is C27H30BrClO2. The van der Waals surface area contributed by atoms with E-state index in [0.717, 1.165) is 47.4 Å². The van der Waals surface area contributed by atoms with Gasteiger partial charge in [0.15, 0.2) is 5.75 Å². The molecular weight excluding hydrogens is 472 g/mol. The Bertz CT molecular complexity index is 963. The molecule has 0 spiro atoms. The largest absolute Gasteiger partial charge is 0.491 e. The molecule has 0 saturated carbocycles. The van der Waals surface area contributed by atoms with Crippen LogP contribution >= 0.6 is 27.5 Å². The van der Waals surface area contributed by atoms with Crippen molar-refractivity contribution < 1.29 is 9.47 Å². The maximum absolute atomic E-state index is 6.56. The first kappa shape index (κ1) is 23.7. The third-order valence-electron chi connectivity index (χ3n) is 5.44. The second-order valence-electron chi connectivity index (χ2n) is 8.42. The zero-order valence-electron chi connectivity index (χ0n) is 18.5. The SMILES string of the molecule is CCCCOc1c(Cl)cc(C(C)(C)CCc2cccc(Oc3ccccc3)c2)cc1Br. The molecule has 2 nitrogen and oxygen atoms in total. The monoisotopic (exact) mass is 500 g/mol. The molecule has 0 aliphatic rings. The second-order valence-corrected chi connectivity index (χ2v) is 9.68. The molecule has 0 fully saturated rings. The smallest absolute Gasteiger partial charge is 0.152 e. The van der Waals surface area contributed by atoms with Crippen molar-refractivity contribution in [2.45, 2.75) is 51.9 Å². The van der Waals surface area contributed by atoms with Crippen LogP contribution in [0.15, 0.2) is 71.2 Å². The van der Waals surface area contributed by atoms with Gasteiger partial charge in [0.2, 0.25) is 0 Å². The number of ether oxygens (including phenoxy) is 2. The van der Waals surface area contributed by atoms with Crippen molar-refractivity contribution in [2.75, 3.05) is 6.61 Å². The molecule has 31 heavy (non-hydrogen) atoms.